The number of benzene rings is 2. The van der Waals surface area contributed by atoms with Gasteiger partial charge in [0.15, 0.2) is 0 Å². The summed E-state index contributed by atoms with van der Waals surface area (Å²) in [5.41, 5.74) is 1.28. The first-order chi connectivity index (χ1) is 11.0. The van der Waals surface area contributed by atoms with Crippen molar-refractivity contribution in [3.63, 3.8) is 0 Å². The summed E-state index contributed by atoms with van der Waals surface area (Å²) in [4.78, 5) is 24.9. The molecule has 0 spiro atoms. The van der Waals surface area contributed by atoms with Crippen LogP contribution in [0.4, 0.5) is 5.69 Å². The molecule has 0 radical (unpaired) electrons. The van der Waals surface area contributed by atoms with Gasteiger partial charge in [-0.15, -0.1) is 0 Å². The minimum absolute atomic E-state index is 0.255. The fraction of sp³-hybridized carbons (Fsp3) is 0.111. The van der Waals surface area contributed by atoms with Crippen molar-refractivity contribution < 1.29 is 9.90 Å². The van der Waals surface area contributed by atoms with Gasteiger partial charge in [0.1, 0.15) is 11.3 Å². The molecule has 5 nitrogen and oxygen atoms in total. The molecule has 116 valence electrons. The van der Waals surface area contributed by atoms with E-state index in [1.54, 1.807) is 43.4 Å². The zero-order chi connectivity index (χ0) is 16.6. The van der Waals surface area contributed by atoms with Crippen LogP contribution in [-0.4, -0.2) is 15.6 Å². The maximum Gasteiger partial charge on any atom is 0.267 e. The van der Waals surface area contributed by atoms with Crippen molar-refractivity contribution in [1.29, 1.82) is 0 Å². The van der Waals surface area contributed by atoms with Crippen molar-refractivity contribution in [3.8, 4) is 5.75 Å². The first-order valence-electron chi connectivity index (χ1n) is 7.17. The third-order valence-corrected chi connectivity index (χ3v) is 3.78. The molecule has 2 N–H and O–H groups in total. The van der Waals surface area contributed by atoms with Crippen LogP contribution >= 0.6 is 0 Å². The molecule has 0 unspecified atom stereocenters. The molecule has 0 aliphatic heterocycles. The first-order valence-corrected chi connectivity index (χ1v) is 7.17. The molecule has 23 heavy (non-hydrogen) atoms. The van der Waals surface area contributed by atoms with E-state index >= 15 is 0 Å². The Morgan fingerprint density at radius 1 is 1.13 bits per heavy atom. The van der Waals surface area contributed by atoms with Crippen LogP contribution in [0.2, 0.25) is 0 Å². The minimum Gasteiger partial charge on any atom is -0.506 e. The van der Waals surface area contributed by atoms with E-state index in [9.17, 15) is 14.7 Å². The monoisotopic (exact) mass is 308 g/mol. The maximum atomic E-state index is 12.5. The molecular formula is C18H16N2O3. The molecule has 3 rings (SSSR count). The van der Waals surface area contributed by atoms with E-state index in [0.717, 1.165) is 5.56 Å². The molecule has 1 aromatic heterocycles. The van der Waals surface area contributed by atoms with Crippen LogP contribution in [0, 0.1) is 6.92 Å². The van der Waals surface area contributed by atoms with Crippen LogP contribution in [0.1, 0.15) is 15.9 Å². The van der Waals surface area contributed by atoms with Crippen molar-refractivity contribution in [2.24, 2.45) is 7.05 Å². The lowest BCUT2D eigenvalue weighted by Crippen LogP contribution is -2.28. The van der Waals surface area contributed by atoms with Gasteiger partial charge in [-0.05, 0) is 31.2 Å². The van der Waals surface area contributed by atoms with Gasteiger partial charge in [-0.1, -0.05) is 29.8 Å². The summed E-state index contributed by atoms with van der Waals surface area (Å²) in [6.45, 7) is 1.88. The molecule has 2 aromatic carbocycles. The Morgan fingerprint density at radius 3 is 2.52 bits per heavy atom. The number of carbonyl (C=O) groups is 1. The van der Waals surface area contributed by atoms with Crippen molar-refractivity contribution in [2.45, 2.75) is 6.92 Å². The quantitative estimate of drug-likeness (QED) is 0.764. The van der Waals surface area contributed by atoms with Gasteiger partial charge in [-0.25, -0.2) is 0 Å². The fourth-order valence-corrected chi connectivity index (χ4v) is 2.56. The Hall–Kier alpha value is -3.08. The molecule has 0 saturated heterocycles. The average Bonchev–Trinajstić information content (AvgIpc) is 2.54. The number of aromatic nitrogens is 1. The minimum atomic E-state index is -0.627. The van der Waals surface area contributed by atoms with E-state index in [1.807, 2.05) is 19.1 Å². The summed E-state index contributed by atoms with van der Waals surface area (Å²) in [7, 11) is 1.58. The zero-order valence-electron chi connectivity index (χ0n) is 12.8. The number of rotatable bonds is 2. The highest BCUT2D eigenvalue weighted by Crippen LogP contribution is 2.27. The van der Waals surface area contributed by atoms with E-state index in [2.05, 4.69) is 5.32 Å². The van der Waals surface area contributed by atoms with Gasteiger partial charge in [0.2, 0.25) is 0 Å². The molecule has 1 heterocycles. The number of fused-ring (bicyclic) bond motifs is 1. The van der Waals surface area contributed by atoms with Crippen molar-refractivity contribution in [3.05, 3.63) is 70.0 Å². The van der Waals surface area contributed by atoms with Gasteiger partial charge >= 0.3 is 0 Å². The zero-order valence-corrected chi connectivity index (χ0v) is 12.8. The maximum absolute atomic E-state index is 12.5. The lowest BCUT2D eigenvalue weighted by molar-refractivity contribution is 0.102. The highest BCUT2D eigenvalue weighted by molar-refractivity contribution is 6.09. The van der Waals surface area contributed by atoms with E-state index in [4.69, 9.17) is 0 Å². The normalized spacial score (nSPS) is 10.7. The number of aromatic hydroxyl groups is 1. The van der Waals surface area contributed by atoms with Crippen LogP contribution in [0.3, 0.4) is 0 Å². The fourth-order valence-electron chi connectivity index (χ4n) is 2.56. The summed E-state index contributed by atoms with van der Waals surface area (Å²) < 4.78 is 1.37. The molecule has 0 bridgehead atoms. The van der Waals surface area contributed by atoms with Crippen molar-refractivity contribution in [1.82, 2.24) is 4.57 Å². The third kappa shape index (κ3) is 2.57. The van der Waals surface area contributed by atoms with Gasteiger partial charge < -0.3 is 15.0 Å². The van der Waals surface area contributed by atoms with E-state index < -0.39 is 11.5 Å². The van der Waals surface area contributed by atoms with Crippen LogP contribution in [0.5, 0.6) is 5.75 Å². The number of carbonyl (C=O) groups excluding carboxylic acids is 1. The number of hydrogen-bond acceptors (Lipinski definition) is 3. The molecule has 0 saturated carbocycles. The van der Waals surface area contributed by atoms with Crippen LogP contribution < -0.4 is 10.9 Å². The van der Waals surface area contributed by atoms with Gasteiger partial charge in [-0.3, -0.25) is 9.59 Å². The summed E-state index contributed by atoms with van der Waals surface area (Å²) in [6.07, 6.45) is 0. The highest BCUT2D eigenvalue weighted by Gasteiger charge is 2.21. The lowest BCUT2D eigenvalue weighted by Gasteiger charge is -2.12. The standard InChI is InChI=1S/C18H16N2O3/c1-11-8-9-14-13(10-11)16(21)15(18(23)20(14)2)17(22)19-12-6-4-3-5-7-12/h3-10,21H,1-2H3,(H,19,22). The number of para-hydroxylation sites is 1. The molecule has 0 aliphatic rings. The number of nitrogens with zero attached hydrogens (tertiary/aromatic N) is 1. The summed E-state index contributed by atoms with van der Waals surface area (Å²) in [5, 5.41) is 13.6. The Labute approximate surface area is 132 Å². The van der Waals surface area contributed by atoms with Crippen molar-refractivity contribution >= 4 is 22.5 Å². The Balaban J connectivity index is 2.17. The summed E-state index contributed by atoms with van der Waals surface area (Å²) in [6, 6.07) is 14.2. The first kappa shape index (κ1) is 14.8. The van der Waals surface area contributed by atoms with E-state index in [-0.39, 0.29) is 11.3 Å². The molecule has 0 atom stereocenters. The van der Waals surface area contributed by atoms with Crippen LogP contribution in [0.25, 0.3) is 10.9 Å². The number of hydrogen-bond donors (Lipinski definition) is 2. The predicted octanol–water partition coefficient (Wildman–Crippen LogP) is 2.80. The number of pyridine rings is 1. The highest BCUT2D eigenvalue weighted by atomic mass is 16.3. The Bertz CT molecular complexity index is 959. The Kier molecular flexibility index (Phi) is 3.62. The number of aryl methyl sites for hydroxylation is 2. The van der Waals surface area contributed by atoms with Gasteiger partial charge in [0.25, 0.3) is 11.5 Å². The second kappa shape index (κ2) is 5.61. The van der Waals surface area contributed by atoms with Crippen LogP contribution in [-0.2, 0) is 7.05 Å². The predicted molar refractivity (Wildman–Crippen MR) is 90.0 cm³/mol. The second-order valence-electron chi connectivity index (χ2n) is 5.43. The van der Waals surface area contributed by atoms with Gasteiger partial charge in [0, 0.05) is 18.1 Å². The number of nitrogens with one attached hydrogen (secondary N) is 1. The molecule has 0 fully saturated rings. The molecule has 5 heteroatoms. The number of anilines is 1. The summed E-state index contributed by atoms with van der Waals surface area (Å²) in [5.74, 6) is -0.919. The topological polar surface area (TPSA) is 71.3 Å². The van der Waals surface area contributed by atoms with Crippen molar-refractivity contribution in [2.75, 3.05) is 5.32 Å². The van der Waals surface area contributed by atoms with E-state index in [0.29, 0.717) is 16.6 Å². The van der Waals surface area contributed by atoms with Gasteiger partial charge in [-0.2, -0.15) is 0 Å². The molecule has 3 aromatic rings. The molecule has 0 aliphatic carbocycles. The van der Waals surface area contributed by atoms with E-state index in [1.165, 1.54) is 4.57 Å². The third-order valence-electron chi connectivity index (χ3n) is 3.78. The average molecular weight is 308 g/mol. The largest absolute Gasteiger partial charge is 0.506 e. The second-order valence-corrected chi connectivity index (χ2v) is 5.43. The lowest BCUT2D eigenvalue weighted by atomic mass is 10.1. The SMILES string of the molecule is Cc1ccc2c(c1)c(O)c(C(=O)Nc1ccccc1)c(=O)n2C. The smallest absolute Gasteiger partial charge is 0.267 e. The molecule has 1 amide bonds. The van der Waals surface area contributed by atoms with Crippen LogP contribution in [0.15, 0.2) is 53.3 Å². The van der Waals surface area contributed by atoms with Gasteiger partial charge in [0.05, 0.1) is 5.52 Å². The number of amides is 1. The summed E-state index contributed by atoms with van der Waals surface area (Å²) >= 11 is 0. The molecular weight excluding hydrogens is 292 g/mol. The Morgan fingerprint density at radius 2 is 1.83 bits per heavy atom.